The number of fused-ring (bicyclic) bond motifs is 1. The molecule has 8 heteroatoms. The molecule has 2 aromatic rings. The molecule has 2 aliphatic heterocycles. The van der Waals surface area contributed by atoms with Crippen molar-refractivity contribution in [2.24, 2.45) is 5.92 Å². The molecule has 1 aromatic heterocycles. The molecule has 152 valence electrons. The molecule has 2 aliphatic rings. The molecule has 0 unspecified atom stereocenters. The van der Waals surface area contributed by atoms with Crippen molar-refractivity contribution in [1.82, 2.24) is 9.62 Å². The van der Waals surface area contributed by atoms with Crippen LogP contribution in [0.2, 0.25) is 0 Å². The molecule has 1 fully saturated rings. The smallest absolute Gasteiger partial charge is 0.240 e. The maximum absolute atomic E-state index is 12.9. The Morgan fingerprint density at radius 3 is 2.61 bits per heavy atom. The highest BCUT2D eigenvalue weighted by Crippen LogP contribution is 2.32. The average molecular weight is 407 g/mol. The van der Waals surface area contributed by atoms with Gasteiger partial charge in [0, 0.05) is 12.6 Å². The Bertz CT molecular complexity index is 889. The largest absolute Gasteiger partial charge is 0.486 e. The highest BCUT2D eigenvalue weighted by molar-refractivity contribution is 7.89. The Balaban J connectivity index is 1.50. The monoisotopic (exact) mass is 406 g/mol. The van der Waals surface area contributed by atoms with Crippen molar-refractivity contribution >= 4 is 10.0 Å². The molecule has 1 atom stereocenters. The zero-order valence-corrected chi connectivity index (χ0v) is 16.8. The zero-order valence-electron chi connectivity index (χ0n) is 16.0. The van der Waals surface area contributed by atoms with E-state index in [1.54, 1.807) is 18.4 Å². The van der Waals surface area contributed by atoms with Crippen LogP contribution in [0.1, 0.15) is 31.6 Å². The summed E-state index contributed by atoms with van der Waals surface area (Å²) >= 11 is 0. The van der Waals surface area contributed by atoms with Crippen LogP contribution in [0.25, 0.3) is 0 Å². The molecule has 28 heavy (non-hydrogen) atoms. The van der Waals surface area contributed by atoms with E-state index in [-0.39, 0.29) is 17.5 Å². The van der Waals surface area contributed by atoms with Gasteiger partial charge in [0.2, 0.25) is 10.0 Å². The number of likely N-dealkylation sites (tertiary alicyclic amines) is 1. The van der Waals surface area contributed by atoms with Crippen molar-refractivity contribution in [2.45, 2.75) is 30.7 Å². The lowest BCUT2D eigenvalue weighted by Gasteiger charge is -2.35. The molecule has 1 aromatic carbocycles. The molecule has 1 saturated heterocycles. The summed E-state index contributed by atoms with van der Waals surface area (Å²) < 4.78 is 45.1. The zero-order chi connectivity index (χ0) is 19.6. The third-order valence-electron chi connectivity index (χ3n) is 5.42. The van der Waals surface area contributed by atoms with E-state index < -0.39 is 10.0 Å². The lowest BCUT2D eigenvalue weighted by Crippen LogP contribution is -2.41. The van der Waals surface area contributed by atoms with Gasteiger partial charge in [0.15, 0.2) is 11.5 Å². The summed E-state index contributed by atoms with van der Waals surface area (Å²) in [6, 6.07) is 8.31. The van der Waals surface area contributed by atoms with Crippen molar-refractivity contribution in [3.05, 3.63) is 42.4 Å². The third-order valence-corrected chi connectivity index (χ3v) is 6.84. The number of furan rings is 1. The van der Waals surface area contributed by atoms with Crippen molar-refractivity contribution < 1.29 is 22.3 Å². The first-order valence-corrected chi connectivity index (χ1v) is 11.2. The summed E-state index contributed by atoms with van der Waals surface area (Å²) in [5.41, 5.74) is 0. The summed E-state index contributed by atoms with van der Waals surface area (Å²) in [6.07, 6.45) is 3.84. The number of nitrogens with zero attached hydrogens (tertiary/aromatic N) is 1. The maximum atomic E-state index is 12.9. The highest BCUT2D eigenvalue weighted by Gasteiger charge is 2.28. The summed E-state index contributed by atoms with van der Waals surface area (Å²) in [4.78, 5) is 2.47. The fourth-order valence-corrected chi connectivity index (χ4v) is 4.75. The van der Waals surface area contributed by atoms with Crippen molar-refractivity contribution in [1.29, 1.82) is 0 Å². The number of hydrogen-bond donors (Lipinski definition) is 1. The van der Waals surface area contributed by atoms with Crippen LogP contribution in [0.3, 0.4) is 0 Å². The van der Waals surface area contributed by atoms with E-state index in [2.05, 4.69) is 16.5 Å². The van der Waals surface area contributed by atoms with Gasteiger partial charge in [0.1, 0.15) is 19.0 Å². The Kier molecular flexibility index (Phi) is 5.61. The average Bonchev–Trinajstić information content (AvgIpc) is 3.23. The molecule has 3 heterocycles. The van der Waals surface area contributed by atoms with Gasteiger partial charge >= 0.3 is 0 Å². The number of sulfonamides is 1. The van der Waals surface area contributed by atoms with E-state index in [4.69, 9.17) is 13.9 Å². The lowest BCUT2D eigenvalue weighted by atomic mass is 9.97. The van der Waals surface area contributed by atoms with Gasteiger partial charge < -0.3 is 13.9 Å². The number of piperidine rings is 1. The van der Waals surface area contributed by atoms with Crippen molar-refractivity contribution in [2.75, 3.05) is 32.8 Å². The molecule has 4 rings (SSSR count). The second-order valence-electron chi connectivity index (χ2n) is 7.41. The Morgan fingerprint density at radius 1 is 1.14 bits per heavy atom. The van der Waals surface area contributed by atoms with Gasteiger partial charge in [-0.15, -0.1) is 0 Å². The molecule has 0 bridgehead atoms. The summed E-state index contributed by atoms with van der Waals surface area (Å²) in [5, 5.41) is 0. The topological polar surface area (TPSA) is 81.0 Å². The molecule has 0 radical (unpaired) electrons. The van der Waals surface area contributed by atoms with Gasteiger partial charge in [-0.1, -0.05) is 6.92 Å². The quantitative estimate of drug-likeness (QED) is 0.795. The number of nitrogens with one attached hydrogen (secondary N) is 1. The van der Waals surface area contributed by atoms with Crippen LogP contribution in [0.15, 0.2) is 45.9 Å². The molecule has 0 amide bonds. The first-order valence-electron chi connectivity index (χ1n) is 9.70. The number of benzene rings is 1. The van der Waals surface area contributed by atoms with E-state index in [1.807, 2.05) is 12.1 Å². The van der Waals surface area contributed by atoms with E-state index in [1.165, 1.54) is 6.07 Å². The molecular weight excluding hydrogens is 380 g/mol. The third kappa shape index (κ3) is 4.19. The Morgan fingerprint density at radius 2 is 1.89 bits per heavy atom. The first-order chi connectivity index (χ1) is 13.5. The molecular formula is C20H26N2O5S. The summed E-state index contributed by atoms with van der Waals surface area (Å²) in [7, 11) is -3.68. The van der Waals surface area contributed by atoms with Crippen LogP contribution in [0, 0.1) is 5.92 Å². The van der Waals surface area contributed by atoms with Gasteiger partial charge in [-0.25, -0.2) is 13.1 Å². The summed E-state index contributed by atoms with van der Waals surface area (Å²) in [6.45, 7) is 5.24. The minimum absolute atomic E-state index is 0.130. The van der Waals surface area contributed by atoms with E-state index >= 15 is 0 Å². The lowest BCUT2D eigenvalue weighted by molar-refractivity contribution is 0.125. The van der Waals surface area contributed by atoms with Gasteiger partial charge in [0.25, 0.3) is 0 Å². The maximum Gasteiger partial charge on any atom is 0.240 e. The summed E-state index contributed by atoms with van der Waals surface area (Å²) in [5.74, 6) is 2.50. The van der Waals surface area contributed by atoms with Gasteiger partial charge in [-0.3, -0.25) is 4.90 Å². The van der Waals surface area contributed by atoms with Crippen molar-refractivity contribution in [3.8, 4) is 11.5 Å². The van der Waals surface area contributed by atoms with E-state index in [0.717, 1.165) is 31.7 Å². The molecule has 1 N–H and O–H groups in total. The van der Waals surface area contributed by atoms with E-state index in [0.29, 0.717) is 30.6 Å². The SMILES string of the molecule is CC1CCN([C@@H](CNS(=O)(=O)c2ccc3c(c2)OCCO3)c2ccco2)CC1. The van der Waals surface area contributed by atoms with Crippen LogP contribution in [-0.2, 0) is 10.0 Å². The minimum atomic E-state index is -3.68. The standard InChI is InChI=1S/C20H26N2O5S/c1-15-6-8-22(9-7-15)17(18-3-2-10-25-18)14-21-28(23,24)16-4-5-19-20(13-16)27-12-11-26-19/h2-5,10,13,15,17,21H,6-9,11-12,14H2,1H3/t17-/m0/s1. The van der Waals surface area contributed by atoms with Gasteiger partial charge in [-0.05, 0) is 56.1 Å². The van der Waals surface area contributed by atoms with Gasteiger partial charge in [0.05, 0.1) is 17.2 Å². The highest BCUT2D eigenvalue weighted by atomic mass is 32.2. The van der Waals surface area contributed by atoms with Crippen LogP contribution in [0.4, 0.5) is 0 Å². The van der Waals surface area contributed by atoms with Crippen molar-refractivity contribution in [3.63, 3.8) is 0 Å². The second kappa shape index (κ2) is 8.14. The predicted molar refractivity (Wildman–Crippen MR) is 104 cm³/mol. The van der Waals surface area contributed by atoms with Gasteiger partial charge in [-0.2, -0.15) is 0 Å². The second-order valence-corrected chi connectivity index (χ2v) is 9.17. The fourth-order valence-electron chi connectivity index (χ4n) is 3.69. The minimum Gasteiger partial charge on any atom is -0.486 e. The molecule has 0 aliphatic carbocycles. The normalized spacial score (nSPS) is 19.5. The predicted octanol–water partition coefficient (Wildman–Crippen LogP) is 2.80. The fraction of sp³-hybridized carbons (Fsp3) is 0.500. The molecule has 0 saturated carbocycles. The van der Waals surface area contributed by atoms with Crippen LogP contribution in [-0.4, -0.2) is 46.2 Å². The first kappa shape index (κ1) is 19.3. The molecule has 0 spiro atoms. The molecule has 7 nitrogen and oxygen atoms in total. The number of ether oxygens (including phenoxy) is 2. The van der Waals surface area contributed by atoms with Crippen LogP contribution >= 0.6 is 0 Å². The Labute approximate surface area is 165 Å². The number of hydrogen-bond acceptors (Lipinski definition) is 6. The number of rotatable bonds is 6. The van der Waals surface area contributed by atoms with Crippen LogP contribution in [0.5, 0.6) is 11.5 Å². The van der Waals surface area contributed by atoms with E-state index in [9.17, 15) is 8.42 Å². The van der Waals surface area contributed by atoms with Crippen LogP contribution < -0.4 is 14.2 Å². The Hall–Kier alpha value is -2.03.